The zero-order chi connectivity index (χ0) is 13.8. The molecule has 0 aliphatic carbocycles. The molecule has 2 rings (SSSR count). The van der Waals surface area contributed by atoms with E-state index in [0.29, 0.717) is 11.3 Å². The highest BCUT2D eigenvalue weighted by Crippen LogP contribution is 2.14. The van der Waals surface area contributed by atoms with Crippen molar-refractivity contribution in [3.05, 3.63) is 59.4 Å². The number of carbonyl (C=O) groups excluding carboxylic acids is 1. The summed E-state index contributed by atoms with van der Waals surface area (Å²) in [5.41, 5.74) is 1.88. The van der Waals surface area contributed by atoms with Crippen molar-refractivity contribution in [2.45, 2.75) is 6.92 Å². The van der Waals surface area contributed by atoms with Crippen LogP contribution in [0.2, 0.25) is 0 Å². The van der Waals surface area contributed by atoms with E-state index in [0.717, 1.165) is 5.56 Å². The molecule has 19 heavy (non-hydrogen) atoms. The fourth-order valence-corrected chi connectivity index (χ4v) is 1.60. The average molecular weight is 256 g/mol. The summed E-state index contributed by atoms with van der Waals surface area (Å²) in [5, 5.41) is 11.6. The van der Waals surface area contributed by atoms with Crippen molar-refractivity contribution in [2.24, 2.45) is 0 Å². The number of rotatable bonds is 3. The summed E-state index contributed by atoms with van der Waals surface area (Å²) in [6.45, 7) is 1.83. The highest BCUT2D eigenvalue weighted by atomic mass is 16.4. The molecule has 2 N–H and O–H groups in total. The van der Waals surface area contributed by atoms with Crippen LogP contribution in [0.1, 0.15) is 26.3 Å². The zero-order valence-electron chi connectivity index (χ0n) is 10.3. The van der Waals surface area contributed by atoms with Crippen LogP contribution in [-0.4, -0.2) is 22.0 Å². The number of benzene rings is 1. The van der Waals surface area contributed by atoms with Crippen molar-refractivity contribution >= 4 is 17.6 Å². The summed E-state index contributed by atoms with van der Waals surface area (Å²) < 4.78 is 0. The molecule has 1 aromatic heterocycles. The molecule has 1 heterocycles. The normalized spacial score (nSPS) is 9.95. The summed E-state index contributed by atoms with van der Waals surface area (Å²) in [4.78, 5) is 26.8. The lowest BCUT2D eigenvalue weighted by Crippen LogP contribution is -2.13. The van der Waals surface area contributed by atoms with Crippen molar-refractivity contribution in [2.75, 3.05) is 5.32 Å². The summed E-state index contributed by atoms with van der Waals surface area (Å²) in [5.74, 6) is -1.41. The van der Waals surface area contributed by atoms with E-state index in [-0.39, 0.29) is 11.5 Å². The first-order chi connectivity index (χ1) is 9.08. The molecule has 2 aromatic rings. The van der Waals surface area contributed by atoms with Crippen LogP contribution in [0.25, 0.3) is 0 Å². The van der Waals surface area contributed by atoms with Crippen LogP contribution in [0.15, 0.2) is 42.7 Å². The van der Waals surface area contributed by atoms with Gasteiger partial charge in [0.2, 0.25) is 0 Å². The van der Waals surface area contributed by atoms with E-state index in [1.165, 1.54) is 18.2 Å². The second kappa shape index (κ2) is 5.30. The summed E-state index contributed by atoms with van der Waals surface area (Å²) in [6, 6.07) is 7.58. The van der Waals surface area contributed by atoms with Gasteiger partial charge in [0.15, 0.2) is 0 Å². The third-order valence-corrected chi connectivity index (χ3v) is 2.64. The van der Waals surface area contributed by atoms with Gasteiger partial charge >= 0.3 is 5.97 Å². The van der Waals surface area contributed by atoms with Crippen LogP contribution in [-0.2, 0) is 0 Å². The number of nitrogens with zero attached hydrogens (tertiary/aromatic N) is 1. The Morgan fingerprint density at radius 3 is 2.63 bits per heavy atom. The smallest absolute Gasteiger partial charge is 0.335 e. The second-order valence-electron chi connectivity index (χ2n) is 4.03. The number of aromatic nitrogens is 1. The molecule has 0 unspecified atom stereocenters. The first kappa shape index (κ1) is 12.8. The van der Waals surface area contributed by atoms with Gasteiger partial charge in [-0.1, -0.05) is 6.07 Å². The minimum atomic E-state index is -1.06. The molecule has 0 atom stereocenters. The maximum Gasteiger partial charge on any atom is 0.335 e. The van der Waals surface area contributed by atoms with Gasteiger partial charge in [-0.05, 0) is 36.8 Å². The summed E-state index contributed by atoms with van der Waals surface area (Å²) >= 11 is 0. The molecule has 0 aliphatic rings. The molecule has 0 bridgehead atoms. The van der Waals surface area contributed by atoms with Gasteiger partial charge in [0, 0.05) is 23.6 Å². The molecule has 1 amide bonds. The Balaban J connectivity index is 2.23. The Morgan fingerprint density at radius 2 is 1.95 bits per heavy atom. The second-order valence-corrected chi connectivity index (χ2v) is 4.03. The number of pyridine rings is 1. The van der Waals surface area contributed by atoms with Gasteiger partial charge in [-0.25, -0.2) is 4.79 Å². The lowest BCUT2D eigenvalue weighted by Gasteiger charge is -2.08. The van der Waals surface area contributed by atoms with Crippen molar-refractivity contribution in [1.82, 2.24) is 4.98 Å². The quantitative estimate of drug-likeness (QED) is 0.883. The number of hydrogen-bond donors (Lipinski definition) is 2. The van der Waals surface area contributed by atoms with E-state index >= 15 is 0 Å². The Bertz CT molecular complexity index is 638. The SMILES string of the molecule is Cc1cnccc1NC(=O)c1cccc(C(=O)O)c1. The molecule has 0 spiro atoms. The van der Waals surface area contributed by atoms with Gasteiger partial charge in [-0.3, -0.25) is 9.78 Å². The van der Waals surface area contributed by atoms with E-state index in [9.17, 15) is 9.59 Å². The molecule has 1 aromatic carbocycles. The number of nitrogens with one attached hydrogen (secondary N) is 1. The Labute approximate surface area is 109 Å². The molecule has 5 heteroatoms. The summed E-state index contributed by atoms with van der Waals surface area (Å²) in [7, 11) is 0. The number of amides is 1. The van der Waals surface area contributed by atoms with Crippen LogP contribution >= 0.6 is 0 Å². The van der Waals surface area contributed by atoms with E-state index in [1.54, 1.807) is 24.5 Å². The van der Waals surface area contributed by atoms with Gasteiger partial charge < -0.3 is 10.4 Å². The number of aromatic carboxylic acids is 1. The van der Waals surface area contributed by atoms with Gasteiger partial charge in [-0.15, -0.1) is 0 Å². The Hall–Kier alpha value is -2.69. The van der Waals surface area contributed by atoms with Crippen LogP contribution in [0.5, 0.6) is 0 Å². The number of carboxylic acid groups (broad SMARTS) is 1. The highest BCUT2D eigenvalue weighted by molar-refractivity contribution is 6.05. The monoisotopic (exact) mass is 256 g/mol. The number of anilines is 1. The minimum Gasteiger partial charge on any atom is -0.478 e. The number of aryl methyl sites for hydroxylation is 1. The maximum absolute atomic E-state index is 12.0. The number of carboxylic acids is 1. The lowest BCUT2D eigenvalue weighted by atomic mass is 10.1. The molecule has 0 fully saturated rings. The van der Waals surface area contributed by atoms with Crippen molar-refractivity contribution in [3.8, 4) is 0 Å². The van der Waals surface area contributed by atoms with Crippen LogP contribution in [0, 0.1) is 6.92 Å². The molecular formula is C14H12N2O3. The fraction of sp³-hybridized carbons (Fsp3) is 0.0714. The molecule has 5 nitrogen and oxygen atoms in total. The molecule has 0 radical (unpaired) electrons. The third-order valence-electron chi connectivity index (χ3n) is 2.64. The van der Waals surface area contributed by atoms with Gasteiger partial charge in [0.05, 0.1) is 5.56 Å². The predicted molar refractivity (Wildman–Crippen MR) is 70.3 cm³/mol. The van der Waals surface area contributed by atoms with Crippen molar-refractivity contribution in [1.29, 1.82) is 0 Å². The maximum atomic E-state index is 12.0. The lowest BCUT2D eigenvalue weighted by molar-refractivity contribution is 0.0697. The third kappa shape index (κ3) is 2.95. The topological polar surface area (TPSA) is 79.3 Å². The van der Waals surface area contributed by atoms with Gasteiger partial charge in [-0.2, -0.15) is 0 Å². The average Bonchev–Trinajstić information content (AvgIpc) is 2.41. The zero-order valence-corrected chi connectivity index (χ0v) is 10.3. The minimum absolute atomic E-state index is 0.0825. The van der Waals surface area contributed by atoms with Crippen LogP contribution in [0.4, 0.5) is 5.69 Å². The first-order valence-corrected chi connectivity index (χ1v) is 5.63. The standard InChI is InChI=1S/C14H12N2O3/c1-9-8-15-6-5-12(9)16-13(17)10-3-2-4-11(7-10)14(18)19/h2-8H,1H3,(H,18,19)(H,15,16,17). The number of hydrogen-bond acceptors (Lipinski definition) is 3. The van der Waals surface area contributed by atoms with E-state index in [4.69, 9.17) is 5.11 Å². The molecule has 0 saturated heterocycles. The summed E-state index contributed by atoms with van der Waals surface area (Å²) in [6.07, 6.45) is 3.22. The largest absolute Gasteiger partial charge is 0.478 e. The van der Waals surface area contributed by atoms with Crippen molar-refractivity contribution < 1.29 is 14.7 Å². The van der Waals surface area contributed by atoms with Crippen LogP contribution < -0.4 is 5.32 Å². The van der Waals surface area contributed by atoms with E-state index in [2.05, 4.69) is 10.3 Å². The first-order valence-electron chi connectivity index (χ1n) is 5.63. The van der Waals surface area contributed by atoms with Crippen LogP contribution in [0.3, 0.4) is 0 Å². The van der Waals surface area contributed by atoms with Gasteiger partial charge in [0.1, 0.15) is 0 Å². The Morgan fingerprint density at radius 1 is 1.21 bits per heavy atom. The van der Waals surface area contributed by atoms with Crippen molar-refractivity contribution in [3.63, 3.8) is 0 Å². The number of carbonyl (C=O) groups is 2. The molecule has 0 saturated carbocycles. The fourth-order valence-electron chi connectivity index (χ4n) is 1.60. The van der Waals surface area contributed by atoms with E-state index in [1.807, 2.05) is 6.92 Å². The highest BCUT2D eigenvalue weighted by Gasteiger charge is 2.10. The Kier molecular flexibility index (Phi) is 3.56. The van der Waals surface area contributed by atoms with Gasteiger partial charge in [0.25, 0.3) is 5.91 Å². The predicted octanol–water partition coefficient (Wildman–Crippen LogP) is 2.34. The molecular weight excluding hydrogens is 244 g/mol. The molecule has 0 aliphatic heterocycles. The molecule has 96 valence electrons. The van der Waals surface area contributed by atoms with E-state index < -0.39 is 5.97 Å².